The number of aliphatic hydroxyl groups excluding tert-OH is 3. The van der Waals surface area contributed by atoms with Crippen molar-refractivity contribution in [2.45, 2.75) is 103 Å². The van der Waals surface area contributed by atoms with Gasteiger partial charge in [-0.05, 0) is 195 Å². The molecular weight excluding hydrogens is 833 g/mol. The Morgan fingerprint density at radius 3 is 1.18 bits per heavy atom. The number of methoxy groups -OCH3 is 1. The zero-order chi connectivity index (χ0) is 49.7. The molecule has 68 heavy (non-hydrogen) atoms. The molecule has 0 aliphatic carbocycles. The van der Waals surface area contributed by atoms with Gasteiger partial charge in [0.2, 0.25) is 0 Å². The van der Waals surface area contributed by atoms with Gasteiger partial charge in [-0.3, -0.25) is 0 Å². The molecule has 0 bridgehead atoms. The SMILES string of the molecule is COc1cc(-c2ccc(C)c(CO)c2)ccc1C.Cc1ccc(-c2c(C)cc(C)cc2C)cc1.Cc1ccc(-c2cc(C)c(C)c(C)c2)cc1.Cc1ccc(-c2ccc(C)cc2CO)c(CO)c1. The number of benzene rings is 8. The Morgan fingerprint density at radius 2 is 0.721 bits per heavy atom. The van der Waals surface area contributed by atoms with Crippen LogP contribution in [0.2, 0.25) is 0 Å². The number of hydrogen-bond acceptors (Lipinski definition) is 4. The largest absolute Gasteiger partial charge is 0.496 e. The van der Waals surface area contributed by atoms with Crippen LogP contribution in [0.3, 0.4) is 0 Å². The molecule has 0 atom stereocenters. The van der Waals surface area contributed by atoms with Crippen LogP contribution >= 0.6 is 0 Å². The zero-order valence-electron chi connectivity index (χ0n) is 42.7. The van der Waals surface area contributed by atoms with Crippen LogP contribution in [0.4, 0.5) is 0 Å². The first-order chi connectivity index (χ1) is 32.5. The van der Waals surface area contributed by atoms with E-state index in [0.29, 0.717) is 0 Å². The Labute approximate surface area is 407 Å². The fourth-order valence-corrected chi connectivity index (χ4v) is 8.56. The maximum absolute atomic E-state index is 9.46. The van der Waals surface area contributed by atoms with Crippen molar-refractivity contribution >= 4 is 0 Å². The molecule has 0 spiro atoms. The number of aryl methyl sites for hydroxylation is 11. The molecule has 0 heterocycles. The Balaban J connectivity index is 0.000000170. The van der Waals surface area contributed by atoms with E-state index in [1.807, 2.05) is 88.4 Å². The fraction of sp³-hybridized carbons (Fsp3) is 0.250. The molecule has 8 aromatic carbocycles. The molecule has 0 fully saturated rings. The van der Waals surface area contributed by atoms with E-state index >= 15 is 0 Å². The minimum atomic E-state index is 0.00968. The molecule has 4 nitrogen and oxygen atoms in total. The predicted molar refractivity (Wildman–Crippen MR) is 289 cm³/mol. The van der Waals surface area contributed by atoms with Crippen molar-refractivity contribution in [1.29, 1.82) is 0 Å². The van der Waals surface area contributed by atoms with Crippen molar-refractivity contribution in [1.82, 2.24) is 0 Å². The third kappa shape index (κ3) is 13.8. The van der Waals surface area contributed by atoms with Crippen LogP contribution in [0.1, 0.15) is 83.5 Å². The Bertz CT molecular complexity index is 2790. The third-order valence-electron chi connectivity index (χ3n) is 12.7. The van der Waals surface area contributed by atoms with Crippen molar-refractivity contribution in [2.75, 3.05) is 7.11 Å². The molecule has 8 aromatic rings. The molecule has 0 saturated carbocycles. The van der Waals surface area contributed by atoms with Gasteiger partial charge in [0.15, 0.2) is 0 Å². The molecule has 8 rings (SSSR count). The van der Waals surface area contributed by atoms with Crippen LogP contribution in [0.15, 0.2) is 146 Å². The summed E-state index contributed by atoms with van der Waals surface area (Å²) < 4.78 is 5.34. The van der Waals surface area contributed by atoms with Gasteiger partial charge >= 0.3 is 0 Å². The van der Waals surface area contributed by atoms with Crippen molar-refractivity contribution in [3.8, 4) is 50.3 Å². The molecule has 0 unspecified atom stereocenters. The minimum absolute atomic E-state index is 0.00968. The summed E-state index contributed by atoms with van der Waals surface area (Å²) in [5.74, 6) is 0.888. The first-order valence-electron chi connectivity index (χ1n) is 23.5. The lowest BCUT2D eigenvalue weighted by Gasteiger charge is -2.13. The fourth-order valence-electron chi connectivity index (χ4n) is 8.56. The van der Waals surface area contributed by atoms with Crippen molar-refractivity contribution in [3.05, 3.63) is 229 Å². The molecule has 0 radical (unpaired) electrons. The molecule has 352 valence electrons. The third-order valence-corrected chi connectivity index (χ3v) is 12.7. The lowest BCUT2D eigenvalue weighted by molar-refractivity contribution is 0.280. The molecule has 0 amide bonds. The van der Waals surface area contributed by atoms with Crippen LogP contribution in [-0.2, 0) is 19.8 Å². The zero-order valence-corrected chi connectivity index (χ0v) is 42.7. The maximum atomic E-state index is 9.46. The van der Waals surface area contributed by atoms with E-state index in [1.54, 1.807) is 7.11 Å². The molecule has 0 aliphatic rings. The smallest absolute Gasteiger partial charge is 0.122 e. The highest BCUT2D eigenvalue weighted by Gasteiger charge is 2.11. The highest BCUT2D eigenvalue weighted by atomic mass is 16.5. The summed E-state index contributed by atoms with van der Waals surface area (Å²) in [4.78, 5) is 0. The van der Waals surface area contributed by atoms with Gasteiger partial charge in [-0.2, -0.15) is 0 Å². The second-order valence-corrected chi connectivity index (χ2v) is 18.4. The molecular formula is C64H72O4. The topological polar surface area (TPSA) is 69.9 Å². The van der Waals surface area contributed by atoms with Gasteiger partial charge in [-0.1, -0.05) is 161 Å². The molecule has 3 N–H and O–H groups in total. The average Bonchev–Trinajstić information content (AvgIpc) is 3.32. The summed E-state index contributed by atoms with van der Waals surface area (Å²) in [5.41, 5.74) is 27.6. The maximum Gasteiger partial charge on any atom is 0.122 e. The van der Waals surface area contributed by atoms with E-state index in [1.165, 1.54) is 66.8 Å². The monoisotopic (exact) mass is 905 g/mol. The highest BCUT2D eigenvalue weighted by molar-refractivity contribution is 5.73. The quantitative estimate of drug-likeness (QED) is 0.142. The van der Waals surface area contributed by atoms with E-state index in [4.69, 9.17) is 4.74 Å². The summed E-state index contributed by atoms with van der Waals surface area (Å²) in [6, 6.07) is 50.8. The standard InChI is InChI=1S/2C16H18O2.2C16H18/c1-11-4-6-13(8-15(11)10-17)14-7-5-12(2)16(9-14)18-3;1-11-3-5-15(13(7-11)9-17)16-6-4-12(2)8-14(16)10-18;1-11-5-7-15(8-6-11)16-9-12(2)14(4)13(3)10-16;1-11-5-7-15(8-6-11)16-13(3)9-12(2)10-14(16)4/h4-9,17H,10H2,1-3H3;3-8,17-18H,9-10H2,1-2H3;2*5-10H,1-4H3. The summed E-state index contributed by atoms with van der Waals surface area (Å²) >= 11 is 0. The first kappa shape index (κ1) is 52.4. The Morgan fingerprint density at radius 1 is 0.309 bits per heavy atom. The van der Waals surface area contributed by atoms with Gasteiger partial charge in [0.1, 0.15) is 5.75 Å². The van der Waals surface area contributed by atoms with E-state index < -0.39 is 0 Å². The van der Waals surface area contributed by atoms with Crippen LogP contribution in [0, 0.1) is 83.1 Å². The highest BCUT2D eigenvalue weighted by Crippen LogP contribution is 2.32. The van der Waals surface area contributed by atoms with Crippen LogP contribution in [0.25, 0.3) is 44.5 Å². The van der Waals surface area contributed by atoms with Crippen LogP contribution in [0.5, 0.6) is 5.75 Å². The second kappa shape index (κ2) is 24.5. The average molecular weight is 905 g/mol. The normalized spacial score (nSPS) is 10.5. The van der Waals surface area contributed by atoms with Gasteiger partial charge in [0, 0.05) is 0 Å². The van der Waals surface area contributed by atoms with Crippen molar-refractivity contribution in [3.63, 3.8) is 0 Å². The number of hydrogen-bond donors (Lipinski definition) is 3. The van der Waals surface area contributed by atoms with Gasteiger partial charge in [0.05, 0.1) is 26.9 Å². The first-order valence-corrected chi connectivity index (χ1v) is 23.5. The molecule has 0 aromatic heterocycles. The second-order valence-electron chi connectivity index (χ2n) is 18.4. The predicted octanol–water partition coefficient (Wildman–Crippen LogP) is 15.6. The number of aliphatic hydroxyl groups is 3. The van der Waals surface area contributed by atoms with Crippen LogP contribution < -0.4 is 4.74 Å². The van der Waals surface area contributed by atoms with Crippen LogP contribution in [-0.4, -0.2) is 22.4 Å². The van der Waals surface area contributed by atoms with Gasteiger partial charge in [-0.25, -0.2) is 0 Å². The number of rotatable bonds is 8. The number of ether oxygens (including phenoxy) is 1. The van der Waals surface area contributed by atoms with Crippen molar-refractivity contribution in [2.24, 2.45) is 0 Å². The Hall–Kier alpha value is -6.56. The van der Waals surface area contributed by atoms with E-state index in [0.717, 1.165) is 66.9 Å². The molecule has 4 heteroatoms. The summed E-state index contributed by atoms with van der Waals surface area (Å²) in [6.07, 6.45) is 0. The summed E-state index contributed by atoms with van der Waals surface area (Å²) in [7, 11) is 1.68. The lowest BCUT2D eigenvalue weighted by atomic mass is 9.93. The molecule has 0 aliphatic heterocycles. The Kier molecular flexibility index (Phi) is 18.9. The van der Waals surface area contributed by atoms with Gasteiger partial charge in [-0.15, -0.1) is 0 Å². The van der Waals surface area contributed by atoms with Gasteiger partial charge < -0.3 is 20.1 Å². The lowest BCUT2D eigenvalue weighted by Crippen LogP contribution is -1.95. The van der Waals surface area contributed by atoms with Crippen molar-refractivity contribution < 1.29 is 20.1 Å². The minimum Gasteiger partial charge on any atom is -0.496 e. The van der Waals surface area contributed by atoms with Gasteiger partial charge in [0.25, 0.3) is 0 Å². The van der Waals surface area contributed by atoms with E-state index in [-0.39, 0.29) is 19.8 Å². The van der Waals surface area contributed by atoms with E-state index in [2.05, 4.69) is 140 Å². The summed E-state index contributed by atoms with van der Waals surface area (Å²) in [5, 5.41) is 28.2. The summed E-state index contributed by atoms with van der Waals surface area (Å²) in [6.45, 7) is 25.5. The molecule has 0 saturated heterocycles. The van der Waals surface area contributed by atoms with E-state index in [9.17, 15) is 15.3 Å².